The minimum atomic E-state index is -3.72. The van der Waals surface area contributed by atoms with Gasteiger partial charge in [0.15, 0.2) is 0 Å². The first kappa shape index (κ1) is 27.4. The van der Waals surface area contributed by atoms with Gasteiger partial charge in [0.1, 0.15) is 0 Å². The number of aryl methyl sites for hydroxylation is 3. The fourth-order valence-electron chi connectivity index (χ4n) is 6.19. The molecule has 0 amide bonds. The van der Waals surface area contributed by atoms with Crippen molar-refractivity contribution in [2.45, 2.75) is 37.0 Å². The largest absolute Gasteiger partial charge is 0.316 e. The van der Waals surface area contributed by atoms with Gasteiger partial charge in [0.2, 0.25) is 15.6 Å². The molecule has 0 radical (unpaired) electrons. The second kappa shape index (κ2) is 10.3. The first-order chi connectivity index (χ1) is 19.6. The zero-order chi connectivity index (χ0) is 28.9. The number of halogens is 1. The smallest absolute Gasteiger partial charge is 0.250 e. The first-order valence-electron chi connectivity index (χ1n) is 13.5. The van der Waals surface area contributed by atoms with E-state index in [1.165, 1.54) is 10.6 Å². The summed E-state index contributed by atoms with van der Waals surface area (Å²) in [5, 5.41) is 6.12. The Hall–Kier alpha value is -3.72. The molecule has 3 aromatic carbocycles. The molecular weight excluding hydrogens is 556 g/mol. The molecule has 7 nitrogen and oxygen atoms in total. The minimum absolute atomic E-state index is 0.0823. The molecule has 1 atom stereocenters. The first-order valence-corrected chi connectivity index (χ1v) is 15.4. The van der Waals surface area contributed by atoms with Crippen molar-refractivity contribution in [3.8, 4) is 5.69 Å². The van der Waals surface area contributed by atoms with Gasteiger partial charge in [-0.2, -0.15) is 9.40 Å². The maximum absolute atomic E-state index is 13.9. The van der Waals surface area contributed by atoms with Crippen molar-refractivity contribution in [2.24, 2.45) is 7.05 Å². The van der Waals surface area contributed by atoms with Gasteiger partial charge >= 0.3 is 0 Å². The van der Waals surface area contributed by atoms with Crippen molar-refractivity contribution in [3.63, 3.8) is 0 Å². The summed E-state index contributed by atoms with van der Waals surface area (Å²) in [6.07, 6.45) is 5.00. The molecule has 2 aromatic heterocycles. The van der Waals surface area contributed by atoms with Crippen LogP contribution in [-0.2, 0) is 28.9 Å². The maximum Gasteiger partial charge on any atom is 0.250 e. The molecule has 1 fully saturated rings. The fraction of sp³-hybridized carbons (Fsp3) is 0.250. The van der Waals surface area contributed by atoms with Gasteiger partial charge in [0.05, 0.1) is 22.3 Å². The summed E-state index contributed by atoms with van der Waals surface area (Å²) in [6, 6.07) is 22.8. The van der Waals surface area contributed by atoms with Crippen LogP contribution in [0, 0.1) is 13.8 Å². The standard InChI is InChI=1S/C32H31ClN4O3S/c1-22-16-29-25(19-34-37(29)27-10-12-31(38)35(3)20-27)17-28(22)32(18-24-7-5-4-6-8-24)13-14-36(21-32)41(39,40)30-11-9-26(33)15-23(30)2/h4-12,15-17,19-20H,13-14,18,21H2,1-3H3. The molecular formula is C32H31ClN4O3S. The maximum atomic E-state index is 13.9. The van der Waals surface area contributed by atoms with Crippen molar-refractivity contribution < 1.29 is 8.42 Å². The molecule has 0 aliphatic carbocycles. The van der Waals surface area contributed by atoms with Crippen LogP contribution in [0.25, 0.3) is 16.6 Å². The van der Waals surface area contributed by atoms with Crippen molar-refractivity contribution >= 4 is 32.5 Å². The second-order valence-electron chi connectivity index (χ2n) is 11.1. The third-order valence-electron chi connectivity index (χ3n) is 8.26. The minimum Gasteiger partial charge on any atom is -0.316 e. The summed E-state index contributed by atoms with van der Waals surface area (Å²) in [5.74, 6) is 0. The molecule has 41 heavy (non-hydrogen) atoms. The lowest BCUT2D eigenvalue weighted by Gasteiger charge is -2.32. The van der Waals surface area contributed by atoms with Gasteiger partial charge in [-0.15, -0.1) is 0 Å². The molecule has 0 spiro atoms. The lowest BCUT2D eigenvalue weighted by molar-refractivity contribution is 0.413. The second-order valence-corrected chi connectivity index (χ2v) is 13.4. The third kappa shape index (κ3) is 4.90. The number of hydrogen-bond donors (Lipinski definition) is 0. The van der Waals surface area contributed by atoms with Gasteiger partial charge in [0.25, 0.3) is 0 Å². The molecule has 1 aliphatic heterocycles. The highest BCUT2D eigenvalue weighted by Gasteiger charge is 2.45. The summed E-state index contributed by atoms with van der Waals surface area (Å²) in [5.41, 5.74) is 5.22. The quantitative estimate of drug-likeness (QED) is 0.261. The number of benzene rings is 3. The van der Waals surface area contributed by atoms with E-state index in [4.69, 9.17) is 11.6 Å². The lowest BCUT2D eigenvalue weighted by atomic mass is 9.73. The summed E-state index contributed by atoms with van der Waals surface area (Å²) in [4.78, 5) is 12.2. The van der Waals surface area contributed by atoms with Crippen LogP contribution in [0.3, 0.4) is 0 Å². The lowest BCUT2D eigenvalue weighted by Crippen LogP contribution is -2.36. The van der Waals surface area contributed by atoms with Crippen LogP contribution in [0.2, 0.25) is 5.02 Å². The Morgan fingerprint density at radius 3 is 2.49 bits per heavy atom. The number of fused-ring (bicyclic) bond motifs is 1. The zero-order valence-electron chi connectivity index (χ0n) is 23.2. The molecule has 1 unspecified atom stereocenters. The predicted molar refractivity (Wildman–Crippen MR) is 162 cm³/mol. The normalized spacial score (nSPS) is 17.9. The molecule has 5 aromatic rings. The van der Waals surface area contributed by atoms with Gasteiger partial charge in [-0.1, -0.05) is 41.9 Å². The monoisotopic (exact) mass is 586 g/mol. The molecule has 210 valence electrons. The van der Waals surface area contributed by atoms with Crippen LogP contribution in [0.1, 0.15) is 28.7 Å². The Kier molecular flexibility index (Phi) is 6.88. The molecule has 3 heterocycles. The van der Waals surface area contributed by atoms with Gasteiger partial charge in [-0.3, -0.25) is 4.79 Å². The Morgan fingerprint density at radius 2 is 1.76 bits per heavy atom. The molecule has 1 aliphatic rings. The van der Waals surface area contributed by atoms with E-state index >= 15 is 0 Å². The van der Waals surface area contributed by atoms with E-state index in [2.05, 4.69) is 36.3 Å². The molecule has 0 N–H and O–H groups in total. The Bertz CT molecular complexity index is 1950. The molecule has 0 bridgehead atoms. The topological polar surface area (TPSA) is 77.2 Å². The van der Waals surface area contributed by atoms with Crippen molar-refractivity contribution in [3.05, 3.63) is 123 Å². The highest BCUT2D eigenvalue weighted by atomic mass is 35.5. The summed E-state index contributed by atoms with van der Waals surface area (Å²) in [7, 11) is -2.00. The van der Waals surface area contributed by atoms with Crippen LogP contribution in [0.5, 0.6) is 0 Å². The van der Waals surface area contributed by atoms with Crippen molar-refractivity contribution in [2.75, 3.05) is 13.1 Å². The van der Waals surface area contributed by atoms with Crippen LogP contribution in [0.4, 0.5) is 0 Å². The van der Waals surface area contributed by atoms with Gasteiger partial charge in [-0.25, -0.2) is 13.1 Å². The van der Waals surface area contributed by atoms with Crippen LogP contribution >= 0.6 is 11.6 Å². The summed E-state index contributed by atoms with van der Waals surface area (Å²) >= 11 is 6.13. The van der Waals surface area contributed by atoms with E-state index in [0.717, 1.165) is 33.3 Å². The Balaban J connectivity index is 1.45. The van der Waals surface area contributed by atoms with E-state index in [0.29, 0.717) is 41.4 Å². The van der Waals surface area contributed by atoms with E-state index in [1.54, 1.807) is 48.7 Å². The highest BCUT2D eigenvalue weighted by Crippen LogP contribution is 2.43. The van der Waals surface area contributed by atoms with Crippen molar-refractivity contribution in [1.82, 2.24) is 18.7 Å². The van der Waals surface area contributed by atoms with Crippen LogP contribution < -0.4 is 5.56 Å². The number of aromatic nitrogens is 3. The van der Waals surface area contributed by atoms with Gasteiger partial charge < -0.3 is 4.57 Å². The Labute approximate surface area is 244 Å². The molecule has 0 saturated carbocycles. The fourth-order valence-corrected chi connectivity index (χ4v) is 8.15. The molecule has 9 heteroatoms. The number of pyridine rings is 1. The Morgan fingerprint density at radius 1 is 0.976 bits per heavy atom. The average Bonchev–Trinajstić information content (AvgIpc) is 3.55. The third-order valence-corrected chi connectivity index (χ3v) is 10.5. The average molecular weight is 587 g/mol. The van der Waals surface area contributed by atoms with Gasteiger partial charge in [-0.05, 0) is 85.3 Å². The number of hydrogen-bond acceptors (Lipinski definition) is 4. The van der Waals surface area contributed by atoms with E-state index in [-0.39, 0.29) is 5.56 Å². The predicted octanol–water partition coefficient (Wildman–Crippen LogP) is 5.57. The number of nitrogens with zero attached hydrogens (tertiary/aromatic N) is 4. The molecule has 1 saturated heterocycles. The summed E-state index contributed by atoms with van der Waals surface area (Å²) < 4.78 is 32.8. The molecule has 6 rings (SSSR count). The van der Waals surface area contributed by atoms with Crippen molar-refractivity contribution in [1.29, 1.82) is 0 Å². The number of rotatable bonds is 6. The van der Waals surface area contributed by atoms with E-state index < -0.39 is 15.4 Å². The summed E-state index contributed by atoms with van der Waals surface area (Å²) in [6.45, 7) is 4.66. The highest BCUT2D eigenvalue weighted by molar-refractivity contribution is 7.89. The van der Waals surface area contributed by atoms with Crippen LogP contribution in [0.15, 0.2) is 94.9 Å². The SMILES string of the molecule is Cc1cc2c(cnn2-c2ccc(=O)n(C)c2)cc1C1(Cc2ccccc2)CCN(S(=O)(=O)c2ccc(Cl)cc2C)C1. The van der Waals surface area contributed by atoms with Crippen LogP contribution in [-0.4, -0.2) is 40.2 Å². The van der Waals surface area contributed by atoms with E-state index in [1.807, 2.05) is 29.1 Å². The zero-order valence-corrected chi connectivity index (χ0v) is 24.8. The number of sulfonamides is 1. The van der Waals surface area contributed by atoms with E-state index in [9.17, 15) is 13.2 Å². The van der Waals surface area contributed by atoms with Gasteiger partial charge in [0, 0.05) is 48.2 Å².